The molecule has 19 heavy (non-hydrogen) atoms. The Morgan fingerprint density at radius 1 is 1.47 bits per heavy atom. The lowest BCUT2D eigenvalue weighted by Crippen LogP contribution is -2.33. The van der Waals surface area contributed by atoms with Gasteiger partial charge in [0.2, 0.25) is 10.0 Å². The Bertz CT molecular complexity index is 611. The molecule has 1 aliphatic rings. The van der Waals surface area contributed by atoms with E-state index in [9.17, 15) is 23.6 Å². The van der Waals surface area contributed by atoms with Crippen molar-refractivity contribution in [3.63, 3.8) is 0 Å². The third kappa shape index (κ3) is 2.75. The number of aliphatic hydroxyl groups is 1. The first-order valence-corrected chi connectivity index (χ1v) is 7.13. The number of benzene rings is 1. The maximum atomic E-state index is 12.3. The molecule has 1 aromatic carbocycles. The van der Waals surface area contributed by atoms with E-state index in [0.29, 0.717) is 6.42 Å². The topological polar surface area (TPSA) is 101 Å². The van der Waals surface area contributed by atoms with Crippen LogP contribution in [0.1, 0.15) is 13.3 Å². The summed E-state index contributed by atoms with van der Waals surface area (Å²) in [7, 11) is -3.80. The number of rotatable bonds is 3. The summed E-state index contributed by atoms with van der Waals surface area (Å²) >= 11 is 0. The van der Waals surface area contributed by atoms with E-state index >= 15 is 0 Å². The van der Waals surface area contributed by atoms with Gasteiger partial charge >= 0.3 is 0 Å². The lowest BCUT2D eigenvalue weighted by atomic mass is 10.1. The molecule has 0 saturated carbocycles. The zero-order chi connectivity index (χ0) is 14.3. The normalized spacial score (nSPS) is 24.5. The molecule has 8 heteroatoms. The van der Waals surface area contributed by atoms with Crippen LogP contribution >= 0.6 is 0 Å². The summed E-state index contributed by atoms with van der Waals surface area (Å²) < 4.78 is 25.7. The number of sulfonamides is 1. The van der Waals surface area contributed by atoms with E-state index in [1.807, 2.05) is 0 Å². The molecular formula is C11H14N2O5S. The number of hydrogen-bond donors (Lipinski definition) is 1. The summed E-state index contributed by atoms with van der Waals surface area (Å²) in [5.74, 6) is 0. The minimum absolute atomic E-state index is 0.00196. The summed E-state index contributed by atoms with van der Waals surface area (Å²) in [6.07, 6.45) is 0.348. The van der Waals surface area contributed by atoms with Crippen molar-refractivity contribution in [2.24, 2.45) is 0 Å². The molecule has 0 spiro atoms. The van der Waals surface area contributed by atoms with Gasteiger partial charge in [-0.05, 0) is 19.4 Å². The SMILES string of the molecule is CC1(O)CCN(S(=O)(=O)c2cccc([N+](=O)[O-])c2)C1. The van der Waals surface area contributed by atoms with Crippen LogP contribution in [0.3, 0.4) is 0 Å². The van der Waals surface area contributed by atoms with Crippen molar-refractivity contribution in [2.75, 3.05) is 13.1 Å². The average Bonchev–Trinajstić information content (AvgIpc) is 2.70. The van der Waals surface area contributed by atoms with E-state index in [1.165, 1.54) is 18.2 Å². The van der Waals surface area contributed by atoms with E-state index in [0.717, 1.165) is 10.4 Å². The van der Waals surface area contributed by atoms with Gasteiger partial charge in [0.1, 0.15) is 0 Å². The van der Waals surface area contributed by atoms with Crippen LogP contribution in [0.4, 0.5) is 5.69 Å². The predicted octanol–water partition coefficient (Wildman–Crippen LogP) is 0.740. The van der Waals surface area contributed by atoms with Gasteiger partial charge < -0.3 is 5.11 Å². The third-order valence-corrected chi connectivity index (χ3v) is 4.92. The minimum Gasteiger partial charge on any atom is -0.389 e. The van der Waals surface area contributed by atoms with Crippen molar-refractivity contribution < 1.29 is 18.4 Å². The first kappa shape index (κ1) is 13.9. The van der Waals surface area contributed by atoms with Crippen molar-refractivity contribution in [2.45, 2.75) is 23.8 Å². The zero-order valence-electron chi connectivity index (χ0n) is 10.3. The molecule has 1 atom stereocenters. The Balaban J connectivity index is 2.35. The van der Waals surface area contributed by atoms with E-state index in [-0.39, 0.29) is 23.7 Å². The summed E-state index contributed by atoms with van der Waals surface area (Å²) in [4.78, 5) is 9.90. The Labute approximate surface area is 110 Å². The molecule has 0 aromatic heterocycles. The minimum atomic E-state index is -3.80. The lowest BCUT2D eigenvalue weighted by molar-refractivity contribution is -0.385. The zero-order valence-corrected chi connectivity index (χ0v) is 11.1. The molecule has 1 saturated heterocycles. The van der Waals surface area contributed by atoms with Gasteiger partial charge in [0, 0.05) is 25.2 Å². The molecule has 0 bridgehead atoms. The van der Waals surface area contributed by atoms with E-state index in [2.05, 4.69) is 0 Å². The molecule has 1 fully saturated rings. The van der Waals surface area contributed by atoms with Crippen LogP contribution in [-0.2, 0) is 10.0 Å². The van der Waals surface area contributed by atoms with Crippen LogP contribution in [0.15, 0.2) is 29.2 Å². The lowest BCUT2D eigenvalue weighted by Gasteiger charge is -2.18. The molecule has 1 aromatic rings. The van der Waals surface area contributed by atoms with Crippen molar-refractivity contribution in [1.29, 1.82) is 0 Å². The van der Waals surface area contributed by atoms with Crippen LogP contribution in [0, 0.1) is 10.1 Å². The largest absolute Gasteiger partial charge is 0.389 e. The number of nitrogens with zero attached hydrogens (tertiary/aromatic N) is 2. The van der Waals surface area contributed by atoms with Crippen molar-refractivity contribution in [3.8, 4) is 0 Å². The Kier molecular flexibility index (Phi) is 3.33. The molecule has 104 valence electrons. The molecule has 1 heterocycles. The van der Waals surface area contributed by atoms with Crippen molar-refractivity contribution in [3.05, 3.63) is 34.4 Å². The molecule has 0 amide bonds. The highest BCUT2D eigenvalue weighted by Gasteiger charge is 2.38. The second kappa shape index (κ2) is 4.55. The Hall–Kier alpha value is -1.51. The third-order valence-electron chi connectivity index (χ3n) is 3.08. The average molecular weight is 286 g/mol. The van der Waals surface area contributed by atoms with E-state index in [4.69, 9.17) is 0 Å². The number of nitro groups is 1. The molecular weight excluding hydrogens is 272 g/mol. The van der Waals surface area contributed by atoms with Gasteiger partial charge in [0.25, 0.3) is 5.69 Å². The van der Waals surface area contributed by atoms with Crippen LogP contribution in [-0.4, -0.2) is 41.4 Å². The van der Waals surface area contributed by atoms with Crippen LogP contribution in [0.25, 0.3) is 0 Å². The van der Waals surface area contributed by atoms with Gasteiger partial charge in [0.05, 0.1) is 15.4 Å². The van der Waals surface area contributed by atoms with Crippen molar-refractivity contribution in [1.82, 2.24) is 4.31 Å². The predicted molar refractivity (Wildman–Crippen MR) is 67.1 cm³/mol. The summed E-state index contributed by atoms with van der Waals surface area (Å²) in [6.45, 7) is 1.77. The first-order valence-electron chi connectivity index (χ1n) is 5.69. The number of nitro benzene ring substituents is 1. The highest BCUT2D eigenvalue weighted by molar-refractivity contribution is 7.89. The Morgan fingerprint density at radius 3 is 2.68 bits per heavy atom. The maximum absolute atomic E-state index is 12.3. The first-order chi connectivity index (χ1) is 8.72. The van der Waals surface area contributed by atoms with Gasteiger partial charge in [-0.2, -0.15) is 4.31 Å². The number of non-ortho nitro benzene ring substituents is 1. The second-order valence-corrected chi connectivity index (χ2v) is 6.78. The molecule has 0 radical (unpaired) electrons. The highest BCUT2D eigenvalue weighted by Crippen LogP contribution is 2.28. The molecule has 7 nitrogen and oxygen atoms in total. The van der Waals surface area contributed by atoms with E-state index < -0.39 is 20.5 Å². The number of β-amino-alcohol motifs (C(OH)–C–C–N with tert-alkyl or cyclic N) is 1. The monoisotopic (exact) mass is 286 g/mol. The fourth-order valence-electron chi connectivity index (χ4n) is 2.02. The summed E-state index contributed by atoms with van der Waals surface area (Å²) in [5.41, 5.74) is -1.32. The number of hydrogen-bond acceptors (Lipinski definition) is 5. The van der Waals surface area contributed by atoms with Crippen LogP contribution < -0.4 is 0 Å². The molecule has 1 unspecified atom stereocenters. The molecule has 0 aliphatic carbocycles. The van der Waals surface area contributed by atoms with Gasteiger partial charge in [-0.25, -0.2) is 8.42 Å². The molecule has 2 rings (SSSR count). The van der Waals surface area contributed by atoms with Gasteiger partial charge in [0.15, 0.2) is 0 Å². The molecule has 1 aliphatic heterocycles. The fraction of sp³-hybridized carbons (Fsp3) is 0.455. The van der Waals surface area contributed by atoms with Crippen LogP contribution in [0.5, 0.6) is 0 Å². The second-order valence-electron chi connectivity index (χ2n) is 4.84. The van der Waals surface area contributed by atoms with Gasteiger partial charge in [-0.1, -0.05) is 6.07 Å². The fourth-order valence-corrected chi connectivity index (χ4v) is 3.61. The van der Waals surface area contributed by atoms with Gasteiger partial charge in [-0.3, -0.25) is 10.1 Å². The standard InChI is InChI=1S/C11H14N2O5S/c1-11(14)5-6-12(8-11)19(17,18)10-4-2-3-9(7-10)13(15)16/h2-4,7,14H,5-6,8H2,1H3. The van der Waals surface area contributed by atoms with Gasteiger partial charge in [-0.15, -0.1) is 0 Å². The Morgan fingerprint density at radius 2 is 2.16 bits per heavy atom. The van der Waals surface area contributed by atoms with E-state index in [1.54, 1.807) is 6.92 Å². The van der Waals surface area contributed by atoms with Crippen LogP contribution in [0.2, 0.25) is 0 Å². The smallest absolute Gasteiger partial charge is 0.270 e. The molecule has 1 N–H and O–H groups in total. The summed E-state index contributed by atoms with van der Waals surface area (Å²) in [6, 6.07) is 4.91. The maximum Gasteiger partial charge on any atom is 0.270 e. The van der Waals surface area contributed by atoms with Crippen molar-refractivity contribution >= 4 is 15.7 Å². The highest BCUT2D eigenvalue weighted by atomic mass is 32.2. The quantitative estimate of drug-likeness (QED) is 0.652. The summed E-state index contributed by atoms with van der Waals surface area (Å²) in [5, 5.41) is 20.5.